The summed E-state index contributed by atoms with van der Waals surface area (Å²) >= 11 is 8.88. The third-order valence-electron chi connectivity index (χ3n) is 5.24. The molecule has 1 aromatic carbocycles. The van der Waals surface area contributed by atoms with Gasteiger partial charge in [0.25, 0.3) is 0 Å². The molecule has 0 saturated carbocycles. The fraction of sp³-hybridized carbons (Fsp3) is 0.238. The lowest BCUT2D eigenvalue weighted by Crippen LogP contribution is -2.09. The van der Waals surface area contributed by atoms with Crippen LogP contribution in [0.3, 0.4) is 0 Å². The highest BCUT2D eigenvalue weighted by Gasteiger charge is 2.28. The molecule has 4 aromatic rings. The SMILES string of the molecule is CCn1ccc(Nc2ncc3c(n2)-c2c(nn(C)c2-c2ccc(I)cc2Cl)CC3)n1. The van der Waals surface area contributed by atoms with Gasteiger partial charge in [0.2, 0.25) is 5.95 Å². The molecule has 0 unspecified atom stereocenters. The van der Waals surface area contributed by atoms with E-state index >= 15 is 0 Å². The highest BCUT2D eigenvalue weighted by Crippen LogP contribution is 2.41. The van der Waals surface area contributed by atoms with Gasteiger partial charge in [-0.2, -0.15) is 10.2 Å². The lowest BCUT2D eigenvalue weighted by Gasteiger charge is -2.17. The maximum atomic E-state index is 6.62. The van der Waals surface area contributed by atoms with E-state index in [1.807, 2.05) is 53.9 Å². The van der Waals surface area contributed by atoms with Crippen molar-refractivity contribution in [3.63, 3.8) is 0 Å². The van der Waals surface area contributed by atoms with Crippen LogP contribution in [0.5, 0.6) is 0 Å². The van der Waals surface area contributed by atoms with Crippen LogP contribution in [-0.4, -0.2) is 29.5 Å². The molecule has 0 radical (unpaired) electrons. The number of nitrogens with zero attached hydrogens (tertiary/aromatic N) is 6. The molecule has 1 N–H and O–H groups in total. The van der Waals surface area contributed by atoms with Crippen LogP contribution in [0.4, 0.5) is 11.8 Å². The number of halogens is 2. The van der Waals surface area contributed by atoms with Gasteiger partial charge < -0.3 is 5.32 Å². The van der Waals surface area contributed by atoms with Crippen molar-refractivity contribution >= 4 is 46.0 Å². The molecule has 0 atom stereocenters. The van der Waals surface area contributed by atoms with E-state index in [-0.39, 0.29) is 0 Å². The van der Waals surface area contributed by atoms with Gasteiger partial charge in [-0.3, -0.25) is 9.36 Å². The fourth-order valence-corrected chi connectivity index (χ4v) is 4.78. The first-order valence-electron chi connectivity index (χ1n) is 9.71. The number of aryl methyl sites for hydroxylation is 4. The van der Waals surface area contributed by atoms with E-state index in [1.165, 1.54) is 0 Å². The van der Waals surface area contributed by atoms with Crippen LogP contribution in [0.15, 0.2) is 36.7 Å². The molecule has 0 saturated heterocycles. The number of hydrogen-bond acceptors (Lipinski definition) is 5. The molecule has 1 aliphatic carbocycles. The number of rotatable bonds is 4. The summed E-state index contributed by atoms with van der Waals surface area (Å²) in [6.45, 7) is 2.86. The van der Waals surface area contributed by atoms with E-state index in [9.17, 15) is 0 Å². The molecule has 0 spiro atoms. The fourth-order valence-electron chi connectivity index (χ4n) is 3.83. The number of anilines is 2. The van der Waals surface area contributed by atoms with E-state index in [1.54, 1.807) is 0 Å². The average Bonchev–Trinajstić information content (AvgIpc) is 3.31. The first kappa shape index (κ1) is 19.5. The Morgan fingerprint density at radius 2 is 2.07 bits per heavy atom. The second-order valence-electron chi connectivity index (χ2n) is 7.17. The minimum absolute atomic E-state index is 0.520. The molecule has 3 heterocycles. The molecule has 1 aliphatic rings. The number of aromatic nitrogens is 6. The maximum absolute atomic E-state index is 6.62. The molecule has 0 bridgehead atoms. The second-order valence-corrected chi connectivity index (χ2v) is 8.82. The number of benzene rings is 1. The van der Waals surface area contributed by atoms with E-state index in [0.717, 1.165) is 62.5 Å². The van der Waals surface area contributed by atoms with Gasteiger partial charge in [0.1, 0.15) is 0 Å². The van der Waals surface area contributed by atoms with E-state index in [0.29, 0.717) is 11.0 Å². The van der Waals surface area contributed by atoms with Gasteiger partial charge in [-0.25, -0.2) is 9.97 Å². The van der Waals surface area contributed by atoms with Gasteiger partial charge in [-0.15, -0.1) is 0 Å². The molecule has 5 rings (SSSR count). The summed E-state index contributed by atoms with van der Waals surface area (Å²) in [5.41, 5.74) is 6.02. The quantitative estimate of drug-likeness (QED) is 0.381. The highest BCUT2D eigenvalue weighted by molar-refractivity contribution is 14.1. The van der Waals surface area contributed by atoms with Gasteiger partial charge in [0.15, 0.2) is 5.82 Å². The molecule has 0 amide bonds. The zero-order chi connectivity index (χ0) is 20.8. The lowest BCUT2D eigenvalue weighted by atomic mass is 9.91. The van der Waals surface area contributed by atoms with Crippen LogP contribution in [0.25, 0.3) is 22.5 Å². The molecule has 0 aliphatic heterocycles. The van der Waals surface area contributed by atoms with Crippen molar-refractivity contribution in [2.45, 2.75) is 26.3 Å². The topological polar surface area (TPSA) is 73.5 Å². The standard InChI is InChI=1S/C21H19ClIN7/c1-3-30-9-8-17(28-30)25-21-24-11-12-4-7-16-18(19(12)26-21)20(29(2)27-16)14-6-5-13(23)10-15(14)22/h5-6,8-11H,3-4,7H2,1-2H3,(H,24,25,26,28). The summed E-state index contributed by atoms with van der Waals surface area (Å²) in [5.74, 6) is 1.24. The molecular formula is C21H19ClIN7. The van der Waals surface area contributed by atoms with Gasteiger partial charge >= 0.3 is 0 Å². The minimum atomic E-state index is 0.520. The minimum Gasteiger partial charge on any atom is -0.307 e. The van der Waals surface area contributed by atoms with E-state index in [2.05, 4.69) is 44.1 Å². The second kappa shape index (κ2) is 7.66. The predicted octanol–water partition coefficient (Wildman–Crippen LogP) is 4.86. The third-order valence-corrected chi connectivity index (χ3v) is 6.23. The Bertz CT molecular complexity index is 1260. The zero-order valence-corrected chi connectivity index (χ0v) is 19.4. The number of hydrogen-bond donors (Lipinski definition) is 1. The normalized spacial score (nSPS) is 12.5. The van der Waals surface area contributed by atoms with Crippen LogP contribution in [0.1, 0.15) is 18.2 Å². The Morgan fingerprint density at radius 1 is 1.20 bits per heavy atom. The maximum Gasteiger partial charge on any atom is 0.228 e. The van der Waals surface area contributed by atoms with Crippen LogP contribution in [0, 0.1) is 3.57 Å². The summed E-state index contributed by atoms with van der Waals surface area (Å²) < 4.78 is 4.86. The monoisotopic (exact) mass is 531 g/mol. The summed E-state index contributed by atoms with van der Waals surface area (Å²) in [5, 5.41) is 13.2. The number of nitrogens with one attached hydrogen (secondary N) is 1. The van der Waals surface area contributed by atoms with Gasteiger partial charge in [-0.05, 0) is 60.1 Å². The van der Waals surface area contributed by atoms with Gasteiger partial charge in [0.05, 0.1) is 22.1 Å². The summed E-state index contributed by atoms with van der Waals surface area (Å²) in [6.07, 6.45) is 5.55. The van der Waals surface area contributed by atoms with E-state index < -0.39 is 0 Å². The smallest absolute Gasteiger partial charge is 0.228 e. The third kappa shape index (κ3) is 3.37. The Morgan fingerprint density at radius 3 is 2.83 bits per heavy atom. The molecule has 152 valence electrons. The first-order valence-corrected chi connectivity index (χ1v) is 11.2. The molecule has 30 heavy (non-hydrogen) atoms. The summed E-state index contributed by atoms with van der Waals surface area (Å²) in [6, 6.07) is 7.99. The van der Waals surface area contributed by atoms with Crippen molar-refractivity contribution < 1.29 is 0 Å². The van der Waals surface area contributed by atoms with Crippen molar-refractivity contribution in [3.8, 4) is 22.5 Å². The highest BCUT2D eigenvalue weighted by atomic mass is 127. The molecule has 0 fully saturated rings. The lowest BCUT2D eigenvalue weighted by molar-refractivity contribution is 0.662. The van der Waals surface area contributed by atoms with Crippen molar-refractivity contribution in [1.82, 2.24) is 29.5 Å². The predicted molar refractivity (Wildman–Crippen MR) is 126 cm³/mol. The summed E-state index contributed by atoms with van der Waals surface area (Å²) in [4.78, 5) is 9.37. The number of fused-ring (bicyclic) bond motifs is 3. The molecular weight excluding hydrogens is 513 g/mol. The van der Waals surface area contributed by atoms with Crippen LogP contribution in [0.2, 0.25) is 5.02 Å². The van der Waals surface area contributed by atoms with Crippen LogP contribution < -0.4 is 5.32 Å². The van der Waals surface area contributed by atoms with Crippen molar-refractivity contribution in [2.75, 3.05) is 5.32 Å². The van der Waals surface area contributed by atoms with Crippen molar-refractivity contribution in [3.05, 3.63) is 56.5 Å². The largest absolute Gasteiger partial charge is 0.307 e. The van der Waals surface area contributed by atoms with Gasteiger partial charge in [-0.1, -0.05) is 17.7 Å². The average molecular weight is 532 g/mol. The van der Waals surface area contributed by atoms with Crippen molar-refractivity contribution in [1.29, 1.82) is 0 Å². The molecule has 3 aromatic heterocycles. The van der Waals surface area contributed by atoms with E-state index in [4.69, 9.17) is 21.7 Å². The Kier molecular flexibility index (Phi) is 4.98. The molecule has 7 nitrogen and oxygen atoms in total. The Labute approximate surface area is 192 Å². The van der Waals surface area contributed by atoms with Crippen LogP contribution in [-0.2, 0) is 26.4 Å². The molecule has 9 heteroatoms. The Balaban J connectivity index is 1.62. The van der Waals surface area contributed by atoms with Crippen molar-refractivity contribution in [2.24, 2.45) is 7.05 Å². The van der Waals surface area contributed by atoms with Gasteiger partial charge in [0, 0.05) is 46.7 Å². The Hall–Kier alpha value is -2.46. The van der Waals surface area contributed by atoms with Crippen LogP contribution >= 0.6 is 34.2 Å². The zero-order valence-electron chi connectivity index (χ0n) is 16.5. The summed E-state index contributed by atoms with van der Waals surface area (Å²) in [7, 11) is 1.96. The first-order chi connectivity index (χ1) is 14.5.